The lowest BCUT2D eigenvalue weighted by Crippen LogP contribution is -2.54. The second-order valence-corrected chi connectivity index (χ2v) is 15.0. The Balaban J connectivity index is 0.638. The van der Waals surface area contributed by atoms with E-state index in [1.165, 1.54) is 0 Å². The number of amides is 5. The normalized spacial score (nSPS) is 16.8. The van der Waals surface area contributed by atoms with Crippen LogP contribution in [0.2, 0.25) is 0 Å². The number of benzene rings is 3. The minimum atomic E-state index is -1.02. The zero-order valence-electron chi connectivity index (χ0n) is 34.4. The van der Waals surface area contributed by atoms with Gasteiger partial charge in [0.1, 0.15) is 23.4 Å². The van der Waals surface area contributed by atoms with Gasteiger partial charge in [-0.25, -0.2) is 0 Å². The molecule has 330 valence electrons. The molecule has 1 unspecified atom stereocenters. The van der Waals surface area contributed by atoms with Gasteiger partial charge in [0, 0.05) is 55.7 Å². The number of rotatable bonds is 21. The molecule has 0 radical (unpaired) electrons. The number of hydrogen-bond acceptors (Lipinski definition) is 16. The molecule has 2 fully saturated rings. The molecule has 3 aliphatic rings. The highest BCUT2D eigenvalue weighted by atomic mass is 16.6. The summed E-state index contributed by atoms with van der Waals surface area (Å²) in [7, 11) is 0. The number of aromatic amines is 1. The molecule has 2 saturated heterocycles. The minimum absolute atomic E-state index is 0.0257. The third-order valence-electron chi connectivity index (χ3n) is 10.9. The van der Waals surface area contributed by atoms with Crippen LogP contribution in [-0.4, -0.2) is 150 Å². The molecule has 3 N–H and O–H groups in total. The predicted molar refractivity (Wildman–Crippen MR) is 222 cm³/mol. The number of carbonyl (C=O) groups excluding carboxylic acids is 5. The number of fused-ring (bicyclic) bond motifs is 2. The Hall–Kier alpha value is -6.61. The smallest absolute Gasteiger partial charge is 0.264 e. The highest BCUT2D eigenvalue weighted by Crippen LogP contribution is 2.34. The van der Waals surface area contributed by atoms with Gasteiger partial charge in [0.05, 0.1) is 75.8 Å². The number of anilines is 1. The average molecular weight is 866 g/mol. The summed E-state index contributed by atoms with van der Waals surface area (Å²) in [5.41, 5.74) is 3.21. The topological polar surface area (TPSA) is 243 Å². The van der Waals surface area contributed by atoms with Crippen LogP contribution in [0.1, 0.15) is 52.8 Å². The Labute approximate surface area is 360 Å². The Bertz CT molecular complexity index is 2420. The van der Waals surface area contributed by atoms with Crippen LogP contribution in [0.15, 0.2) is 65.2 Å². The fourth-order valence-electron chi connectivity index (χ4n) is 7.70. The first-order valence-corrected chi connectivity index (χ1v) is 20.9. The molecular formula is C43H47N9O11. The van der Waals surface area contributed by atoms with Crippen molar-refractivity contribution in [3.05, 3.63) is 71.8 Å². The number of aromatic nitrogens is 5. The lowest BCUT2D eigenvalue weighted by Gasteiger charge is -2.32. The Morgan fingerprint density at radius 1 is 0.810 bits per heavy atom. The van der Waals surface area contributed by atoms with Gasteiger partial charge in [0.2, 0.25) is 23.5 Å². The van der Waals surface area contributed by atoms with Crippen LogP contribution in [-0.2, 0) is 33.3 Å². The fraction of sp³-hybridized carbons (Fsp3) is 0.419. The molecule has 20 nitrogen and oxygen atoms in total. The van der Waals surface area contributed by atoms with Crippen molar-refractivity contribution in [3.63, 3.8) is 0 Å². The molecule has 3 aromatic carbocycles. The highest BCUT2D eigenvalue weighted by molar-refractivity contribution is 6.25. The van der Waals surface area contributed by atoms with Gasteiger partial charge in [-0.1, -0.05) is 23.4 Å². The van der Waals surface area contributed by atoms with Crippen molar-refractivity contribution in [1.82, 2.24) is 40.9 Å². The van der Waals surface area contributed by atoms with Crippen LogP contribution in [0.5, 0.6) is 5.75 Å². The first-order chi connectivity index (χ1) is 30.8. The second-order valence-electron chi connectivity index (χ2n) is 15.0. The summed E-state index contributed by atoms with van der Waals surface area (Å²) in [5, 5.41) is 24.6. The number of carbonyl (C=O) groups is 5. The number of nitrogens with zero attached hydrogens (tertiary/aromatic N) is 6. The van der Waals surface area contributed by atoms with Gasteiger partial charge in [0.15, 0.2) is 5.76 Å². The van der Waals surface area contributed by atoms with E-state index in [1.54, 1.807) is 18.2 Å². The summed E-state index contributed by atoms with van der Waals surface area (Å²) in [6.45, 7) is 4.42. The van der Waals surface area contributed by atoms with E-state index in [9.17, 15) is 24.0 Å². The van der Waals surface area contributed by atoms with E-state index >= 15 is 0 Å². The van der Waals surface area contributed by atoms with E-state index in [0.29, 0.717) is 120 Å². The van der Waals surface area contributed by atoms with Crippen molar-refractivity contribution in [2.24, 2.45) is 0 Å². The van der Waals surface area contributed by atoms with Gasteiger partial charge in [-0.05, 0) is 54.1 Å². The van der Waals surface area contributed by atoms with Crippen LogP contribution >= 0.6 is 0 Å². The number of imide groups is 2. The third-order valence-corrected chi connectivity index (χ3v) is 10.9. The predicted octanol–water partition coefficient (Wildman–Crippen LogP) is 3.01. The van der Waals surface area contributed by atoms with Gasteiger partial charge in [-0.15, -0.1) is 10.2 Å². The van der Waals surface area contributed by atoms with Crippen LogP contribution in [0.4, 0.5) is 5.69 Å². The molecule has 2 aromatic heterocycles. The molecule has 8 rings (SSSR count). The number of hydrogen-bond donors (Lipinski definition) is 3. The van der Waals surface area contributed by atoms with Crippen molar-refractivity contribution in [1.29, 1.82) is 0 Å². The van der Waals surface area contributed by atoms with Crippen LogP contribution in [0.25, 0.3) is 33.6 Å². The number of ether oxygens (including phenoxy) is 5. The van der Waals surface area contributed by atoms with Gasteiger partial charge in [-0.3, -0.25) is 34.2 Å². The zero-order valence-corrected chi connectivity index (χ0v) is 34.4. The summed E-state index contributed by atoms with van der Waals surface area (Å²) >= 11 is 0. The molecule has 5 heterocycles. The van der Waals surface area contributed by atoms with Gasteiger partial charge in [0.25, 0.3) is 11.8 Å². The van der Waals surface area contributed by atoms with Crippen molar-refractivity contribution >= 4 is 46.1 Å². The fourth-order valence-corrected chi connectivity index (χ4v) is 7.70. The van der Waals surface area contributed by atoms with Crippen LogP contribution in [0.3, 0.4) is 0 Å². The van der Waals surface area contributed by atoms with Crippen LogP contribution in [0, 0.1) is 0 Å². The standard InChI is InChI=1S/C43H47N9O11/c53-36-10-9-35(41(55)45-36)52-42(56)31-5-2-6-34(38(31)43(52)57)44-14-18-59-20-22-61-24-23-60-21-19-58-17-13-37(54)51-15-11-29(12-16-51)62-30-4-1-3-27(25-30)39-32-26-28(40-46-49-50-47-40)7-8-33(32)48-63-39/h1-8,25-26,29,35,44H,9-24H2,(H,45,53,55)(H,46,47,49,50). The van der Waals surface area contributed by atoms with Crippen molar-refractivity contribution < 1.29 is 52.2 Å². The first kappa shape index (κ1) is 43.1. The molecule has 0 aliphatic carbocycles. The van der Waals surface area contributed by atoms with Gasteiger partial charge >= 0.3 is 0 Å². The molecular weight excluding hydrogens is 819 g/mol. The quantitative estimate of drug-likeness (QED) is 0.0709. The molecule has 3 aliphatic heterocycles. The Morgan fingerprint density at radius 2 is 1.56 bits per heavy atom. The van der Waals surface area contributed by atoms with E-state index in [2.05, 4.69) is 36.4 Å². The van der Waals surface area contributed by atoms with Crippen molar-refractivity contribution in [2.75, 3.05) is 77.8 Å². The summed E-state index contributed by atoms with van der Waals surface area (Å²) in [4.78, 5) is 65.8. The van der Waals surface area contributed by atoms with Gasteiger partial charge in [-0.2, -0.15) is 5.21 Å². The number of piperidine rings is 2. The molecule has 0 saturated carbocycles. The summed E-state index contributed by atoms with van der Waals surface area (Å²) in [6, 6.07) is 17.2. The van der Waals surface area contributed by atoms with E-state index in [0.717, 1.165) is 21.4 Å². The lowest BCUT2D eigenvalue weighted by molar-refractivity contribution is -0.136. The third kappa shape index (κ3) is 10.4. The SMILES string of the molecule is O=C1CCC(N2C(=O)c3cccc(NCCOCCOCCOCCOCCC(=O)N4CCC(Oc5cccc(-c6onc7ccc(-c8nn[nH]n8)cc67)c5)CC4)c3C2=O)C(=O)N1. The van der Waals surface area contributed by atoms with Gasteiger partial charge < -0.3 is 38.4 Å². The summed E-state index contributed by atoms with van der Waals surface area (Å²) in [6.07, 6.45) is 1.85. The van der Waals surface area contributed by atoms with E-state index in [1.807, 2.05) is 47.4 Å². The number of likely N-dealkylation sites (tertiary alicyclic amines) is 1. The summed E-state index contributed by atoms with van der Waals surface area (Å²) < 4.78 is 34.4. The molecule has 0 bridgehead atoms. The first-order valence-electron chi connectivity index (χ1n) is 20.9. The maximum atomic E-state index is 13.2. The van der Waals surface area contributed by atoms with E-state index in [4.69, 9.17) is 28.2 Å². The molecule has 0 spiro atoms. The number of tetrazole rings is 1. The minimum Gasteiger partial charge on any atom is -0.490 e. The molecule has 20 heteroatoms. The van der Waals surface area contributed by atoms with E-state index < -0.39 is 29.7 Å². The molecule has 63 heavy (non-hydrogen) atoms. The largest absolute Gasteiger partial charge is 0.490 e. The maximum absolute atomic E-state index is 13.2. The lowest BCUT2D eigenvalue weighted by atomic mass is 10.0. The molecule has 5 aromatic rings. The maximum Gasteiger partial charge on any atom is 0.264 e. The van der Waals surface area contributed by atoms with Crippen molar-refractivity contribution in [3.8, 4) is 28.5 Å². The van der Waals surface area contributed by atoms with E-state index in [-0.39, 0.29) is 36.0 Å². The summed E-state index contributed by atoms with van der Waals surface area (Å²) in [5.74, 6) is -0.340. The van der Waals surface area contributed by atoms with Crippen molar-refractivity contribution in [2.45, 2.75) is 44.2 Å². The average Bonchev–Trinajstić information content (AvgIpc) is 4.05. The zero-order chi connectivity index (χ0) is 43.5. The molecule has 1 atom stereocenters. The second kappa shape index (κ2) is 20.5. The molecule has 5 amide bonds. The number of H-pyrrole nitrogens is 1. The number of nitrogens with one attached hydrogen (secondary N) is 3. The van der Waals surface area contributed by atoms with Crippen LogP contribution < -0.4 is 15.4 Å². The monoisotopic (exact) mass is 865 g/mol. The Kier molecular flexibility index (Phi) is 14.0. The highest BCUT2D eigenvalue weighted by Gasteiger charge is 2.45. The Morgan fingerprint density at radius 3 is 2.30 bits per heavy atom.